The second kappa shape index (κ2) is 10.5. The van der Waals surface area contributed by atoms with Gasteiger partial charge in [0.05, 0.1) is 0 Å². The van der Waals surface area contributed by atoms with Crippen LogP contribution in [0.4, 0.5) is 4.39 Å². The van der Waals surface area contributed by atoms with E-state index in [1.807, 2.05) is 6.07 Å². The molecule has 3 nitrogen and oxygen atoms in total. The van der Waals surface area contributed by atoms with Gasteiger partial charge in [0.2, 0.25) is 0 Å². The predicted octanol–water partition coefficient (Wildman–Crippen LogP) is 2.79. The molecule has 0 saturated carbocycles. The number of nitrogens with zero attached hydrogens (tertiary/aromatic N) is 2. The highest BCUT2D eigenvalue weighted by molar-refractivity contribution is 5.85. The Hall–Kier alpha value is -0.390. The molecule has 0 aromatic heterocycles. The average Bonchev–Trinajstić information content (AvgIpc) is 2.50. The summed E-state index contributed by atoms with van der Waals surface area (Å²) in [4.78, 5) is 5.03. The largest absolute Gasteiger partial charge is 0.316 e. The molecule has 3 rings (SSSR count). The average molecular weight is 364 g/mol. The van der Waals surface area contributed by atoms with E-state index in [4.69, 9.17) is 0 Å². The summed E-state index contributed by atoms with van der Waals surface area (Å²) in [5.74, 6) is 0.699. The van der Waals surface area contributed by atoms with E-state index in [1.165, 1.54) is 38.5 Å². The minimum atomic E-state index is -0.129. The van der Waals surface area contributed by atoms with E-state index in [9.17, 15) is 4.39 Å². The van der Waals surface area contributed by atoms with Crippen molar-refractivity contribution in [2.45, 2.75) is 19.4 Å². The molecule has 0 radical (unpaired) electrons. The molecular weight excluding hydrogens is 336 g/mol. The van der Waals surface area contributed by atoms with Crippen molar-refractivity contribution in [1.29, 1.82) is 0 Å². The number of nitrogens with one attached hydrogen (secondary N) is 1. The van der Waals surface area contributed by atoms with E-state index >= 15 is 0 Å². The highest BCUT2D eigenvalue weighted by Crippen LogP contribution is 2.14. The van der Waals surface area contributed by atoms with Gasteiger partial charge in [0.15, 0.2) is 0 Å². The third kappa shape index (κ3) is 6.55. The Kier molecular flexibility index (Phi) is 9.40. The fourth-order valence-corrected chi connectivity index (χ4v) is 3.47. The molecule has 2 saturated heterocycles. The maximum absolute atomic E-state index is 13.2. The smallest absolute Gasteiger partial charge is 0.123 e. The third-order valence-corrected chi connectivity index (χ3v) is 4.68. The van der Waals surface area contributed by atoms with Crippen LogP contribution in [-0.2, 0) is 6.54 Å². The first-order chi connectivity index (χ1) is 10.3. The molecule has 2 fully saturated rings. The van der Waals surface area contributed by atoms with Crippen LogP contribution in [0.5, 0.6) is 0 Å². The van der Waals surface area contributed by atoms with Crippen LogP contribution >= 0.6 is 24.8 Å². The Bertz CT molecular complexity index is 447. The second-order valence-corrected chi connectivity index (χ2v) is 6.42. The van der Waals surface area contributed by atoms with E-state index in [2.05, 4.69) is 15.1 Å². The molecule has 1 N–H and O–H groups in total. The van der Waals surface area contributed by atoms with Crippen molar-refractivity contribution < 1.29 is 4.39 Å². The lowest BCUT2D eigenvalue weighted by Gasteiger charge is -2.37. The van der Waals surface area contributed by atoms with Crippen molar-refractivity contribution in [2.75, 3.05) is 45.8 Å². The summed E-state index contributed by atoms with van der Waals surface area (Å²) in [7, 11) is 0. The zero-order valence-electron chi connectivity index (χ0n) is 13.5. The molecule has 0 bridgehead atoms. The normalized spacial score (nSPS) is 22.9. The van der Waals surface area contributed by atoms with Crippen LogP contribution in [0.25, 0.3) is 0 Å². The molecule has 0 amide bonds. The van der Waals surface area contributed by atoms with Gasteiger partial charge in [0, 0.05) is 39.3 Å². The third-order valence-electron chi connectivity index (χ3n) is 4.68. The molecule has 1 atom stereocenters. The van der Waals surface area contributed by atoms with Gasteiger partial charge in [0.1, 0.15) is 5.82 Å². The summed E-state index contributed by atoms with van der Waals surface area (Å²) in [6.07, 6.45) is 2.70. The van der Waals surface area contributed by atoms with Crippen molar-refractivity contribution in [3.63, 3.8) is 0 Å². The zero-order chi connectivity index (χ0) is 14.5. The lowest BCUT2D eigenvalue weighted by atomic mass is 9.99. The number of benzene rings is 1. The molecular formula is C17H28Cl2FN3. The Morgan fingerprint density at radius 3 is 2.48 bits per heavy atom. The first-order valence-electron chi connectivity index (χ1n) is 8.19. The molecule has 1 aromatic carbocycles. The molecule has 0 spiro atoms. The van der Waals surface area contributed by atoms with Crippen molar-refractivity contribution in [3.8, 4) is 0 Å². The van der Waals surface area contributed by atoms with Gasteiger partial charge in [0.25, 0.3) is 0 Å². The maximum Gasteiger partial charge on any atom is 0.123 e. The summed E-state index contributed by atoms with van der Waals surface area (Å²) in [6, 6.07) is 6.99. The molecule has 6 heteroatoms. The van der Waals surface area contributed by atoms with E-state index < -0.39 is 0 Å². The summed E-state index contributed by atoms with van der Waals surface area (Å²) in [5.41, 5.74) is 1.08. The van der Waals surface area contributed by atoms with Crippen LogP contribution in [0, 0.1) is 11.7 Å². The van der Waals surface area contributed by atoms with E-state index in [0.29, 0.717) is 0 Å². The molecule has 1 unspecified atom stereocenters. The van der Waals surface area contributed by atoms with Crippen LogP contribution in [0.1, 0.15) is 18.4 Å². The molecule has 23 heavy (non-hydrogen) atoms. The van der Waals surface area contributed by atoms with Crippen molar-refractivity contribution in [1.82, 2.24) is 15.1 Å². The van der Waals surface area contributed by atoms with E-state index in [-0.39, 0.29) is 30.6 Å². The molecule has 2 aliphatic heterocycles. The molecule has 1 aromatic rings. The zero-order valence-corrected chi connectivity index (χ0v) is 15.2. The Labute approximate surface area is 151 Å². The highest BCUT2D eigenvalue weighted by Gasteiger charge is 2.21. The van der Waals surface area contributed by atoms with Crippen LogP contribution in [0.15, 0.2) is 24.3 Å². The van der Waals surface area contributed by atoms with Gasteiger partial charge in [-0.15, -0.1) is 24.8 Å². The van der Waals surface area contributed by atoms with Gasteiger partial charge in [-0.3, -0.25) is 4.90 Å². The molecule has 2 aliphatic rings. The van der Waals surface area contributed by atoms with Gasteiger partial charge >= 0.3 is 0 Å². The van der Waals surface area contributed by atoms with Crippen LogP contribution in [0.3, 0.4) is 0 Å². The minimum Gasteiger partial charge on any atom is -0.316 e. The van der Waals surface area contributed by atoms with Crippen LogP contribution in [-0.4, -0.2) is 55.6 Å². The number of piperidine rings is 1. The molecule has 132 valence electrons. The van der Waals surface area contributed by atoms with Crippen LogP contribution < -0.4 is 5.32 Å². The highest BCUT2D eigenvalue weighted by atomic mass is 35.5. The van der Waals surface area contributed by atoms with Gasteiger partial charge in [-0.1, -0.05) is 12.1 Å². The molecule has 2 heterocycles. The Morgan fingerprint density at radius 2 is 1.83 bits per heavy atom. The number of rotatable bonds is 4. The maximum atomic E-state index is 13.2. The lowest BCUT2D eigenvalue weighted by molar-refractivity contribution is 0.108. The Balaban J connectivity index is 0.00000132. The lowest BCUT2D eigenvalue weighted by Crippen LogP contribution is -2.48. The first kappa shape index (κ1) is 20.7. The summed E-state index contributed by atoms with van der Waals surface area (Å²) < 4.78 is 13.2. The second-order valence-electron chi connectivity index (χ2n) is 6.42. The summed E-state index contributed by atoms with van der Waals surface area (Å²) in [5, 5.41) is 3.50. The van der Waals surface area contributed by atoms with E-state index in [0.717, 1.165) is 44.2 Å². The first-order valence-corrected chi connectivity index (χ1v) is 8.19. The SMILES string of the molecule is Cl.Cl.Fc1cccc(CN2CCN(CC3CCCNC3)CC2)c1. The number of halogens is 3. The standard InChI is InChI=1S/C17H26FN3.2ClH/c18-17-5-1-3-15(11-17)13-20-7-9-21(10-8-20)14-16-4-2-6-19-12-16;;/h1,3,5,11,16,19H,2,4,6-10,12-14H2;2*1H. The fourth-order valence-electron chi connectivity index (χ4n) is 3.47. The number of hydrogen-bond donors (Lipinski definition) is 1. The quantitative estimate of drug-likeness (QED) is 0.887. The predicted molar refractivity (Wildman–Crippen MR) is 98.2 cm³/mol. The van der Waals surface area contributed by atoms with Crippen molar-refractivity contribution in [2.24, 2.45) is 5.92 Å². The topological polar surface area (TPSA) is 18.5 Å². The van der Waals surface area contributed by atoms with Gasteiger partial charge < -0.3 is 10.2 Å². The van der Waals surface area contributed by atoms with Gasteiger partial charge in [-0.2, -0.15) is 0 Å². The Morgan fingerprint density at radius 1 is 1.09 bits per heavy atom. The van der Waals surface area contributed by atoms with Crippen LogP contribution in [0.2, 0.25) is 0 Å². The van der Waals surface area contributed by atoms with E-state index in [1.54, 1.807) is 12.1 Å². The van der Waals surface area contributed by atoms with Gasteiger partial charge in [-0.25, -0.2) is 4.39 Å². The molecule has 0 aliphatic carbocycles. The summed E-state index contributed by atoms with van der Waals surface area (Å²) in [6.45, 7) is 8.96. The van der Waals surface area contributed by atoms with Gasteiger partial charge in [-0.05, 0) is 49.5 Å². The monoisotopic (exact) mass is 363 g/mol. The van der Waals surface area contributed by atoms with Crippen molar-refractivity contribution >= 4 is 24.8 Å². The number of piperazine rings is 1. The fraction of sp³-hybridized carbons (Fsp3) is 0.647. The van der Waals surface area contributed by atoms with Crippen molar-refractivity contribution in [3.05, 3.63) is 35.6 Å². The summed E-state index contributed by atoms with van der Waals surface area (Å²) >= 11 is 0. The minimum absolute atomic E-state index is 0. The number of hydrogen-bond acceptors (Lipinski definition) is 3.